The molecule has 0 radical (unpaired) electrons. The maximum Gasteiger partial charge on any atom is 0.232 e. The van der Waals surface area contributed by atoms with Crippen LogP contribution < -0.4 is 15.5 Å². The van der Waals surface area contributed by atoms with Crippen LogP contribution >= 0.6 is 0 Å². The van der Waals surface area contributed by atoms with E-state index in [2.05, 4.69) is 30.5 Å². The van der Waals surface area contributed by atoms with Crippen LogP contribution in [0.25, 0.3) is 0 Å². The summed E-state index contributed by atoms with van der Waals surface area (Å²) in [5, 5.41) is 15.6. The van der Waals surface area contributed by atoms with Crippen molar-refractivity contribution >= 4 is 17.8 Å². The van der Waals surface area contributed by atoms with Gasteiger partial charge in [0.2, 0.25) is 17.8 Å². The molecule has 1 fully saturated rings. The van der Waals surface area contributed by atoms with E-state index in [9.17, 15) is 5.11 Å². The molecule has 0 bridgehead atoms. The van der Waals surface area contributed by atoms with Crippen molar-refractivity contribution in [2.24, 2.45) is 0 Å². The summed E-state index contributed by atoms with van der Waals surface area (Å²) in [5.74, 6) is 1.69. The number of anilines is 3. The van der Waals surface area contributed by atoms with Crippen molar-refractivity contribution in [2.45, 2.75) is 32.4 Å². The summed E-state index contributed by atoms with van der Waals surface area (Å²) >= 11 is 0. The number of nitrogens with zero attached hydrogens (tertiary/aromatic N) is 4. The zero-order valence-electron chi connectivity index (χ0n) is 12.8. The highest BCUT2D eigenvalue weighted by Crippen LogP contribution is 2.16. The number of nitrogens with one attached hydrogen (secondary N) is 2. The number of aliphatic hydroxyl groups excluding tert-OH is 1. The van der Waals surface area contributed by atoms with Crippen LogP contribution in [-0.4, -0.2) is 65.6 Å². The molecule has 0 aliphatic carbocycles. The number of aliphatic hydroxyl groups is 1. The Bertz CT molecular complexity index is 450. The van der Waals surface area contributed by atoms with Crippen molar-refractivity contribution in [3.63, 3.8) is 0 Å². The third-order valence-corrected chi connectivity index (χ3v) is 3.21. The number of hydrogen-bond donors (Lipinski definition) is 3. The average Bonchev–Trinajstić information content (AvgIpc) is 2.46. The first-order valence-electron chi connectivity index (χ1n) is 7.29. The predicted molar refractivity (Wildman–Crippen MR) is 81.8 cm³/mol. The lowest BCUT2D eigenvalue weighted by atomic mass is 10.2. The third kappa shape index (κ3) is 4.68. The summed E-state index contributed by atoms with van der Waals surface area (Å²) in [6.45, 7) is 6.67. The van der Waals surface area contributed by atoms with Crippen molar-refractivity contribution in [2.75, 3.05) is 48.9 Å². The number of morpholine rings is 1. The van der Waals surface area contributed by atoms with Gasteiger partial charge in [0, 0.05) is 26.2 Å². The van der Waals surface area contributed by atoms with Crippen LogP contribution in [0.15, 0.2) is 0 Å². The lowest BCUT2D eigenvalue weighted by molar-refractivity contribution is 0.122. The van der Waals surface area contributed by atoms with Crippen LogP contribution in [0.4, 0.5) is 17.8 Å². The Morgan fingerprint density at radius 1 is 1.19 bits per heavy atom. The van der Waals surface area contributed by atoms with Crippen LogP contribution in [0.3, 0.4) is 0 Å². The van der Waals surface area contributed by atoms with Crippen LogP contribution in [0, 0.1) is 0 Å². The highest BCUT2D eigenvalue weighted by Gasteiger charge is 2.17. The van der Waals surface area contributed by atoms with E-state index in [1.165, 1.54) is 0 Å². The zero-order valence-corrected chi connectivity index (χ0v) is 12.8. The smallest absolute Gasteiger partial charge is 0.232 e. The Morgan fingerprint density at radius 3 is 2.48 bits per heavy atom. The minimum atomic E-state index is -0.364. The van der Waals surface area contributed by atoms with Gasteiger partial charge in [-0.3, -0.25) is 0 Å². The fraction of sp³-hybridized carbons (Fsp3) is 0.769. The lowest BCUT2D eigenvalue weighted by Crippen LogP contribution is -2.37. The Kier molecular flexibility index (Phi) is 5.51. The molecule has 0 spiro atoms. The fourth-order valence-corrected chi connectivity index (χ4v) is 2.24. The van der Waals surface area contributed by atoms with Gasteiger partial charge in [-0.05, 0) is 20.3 Å². The molecule has 2 rings (SSSR count). The van der Waals surface area contributed by atoms with Crippen molar-refractivity contribution in [1.82, 2.24) is 15.0 Å². The monoisotopic (exact) mass is 296 g/mol. The Balaban J connectivity index is 2.12. The molecule has 1 aromatic heterocycles. The molecule has 2 atom stereocenters. The molecular formula is C13H24N6O2. The van der Waals surface area contributed by atoms with Gasteiger partial charge in [0.1, 0.15) is 0 Å². The molecule has 3 N–H and O–H groups in total. The standard InChI is InChI=1S/C13H24N6O2/c1-9(8-10(2)20)15-12-16-11(14-3)17-13(18-12)19-4-6-21-7-5-19/h9-10,20H,4-8H2,1-3H3,(H2,14,15,16,17,18). The van der Waals surface area contributed by atoms with Crippen LogP contribution in [0.5, 0.6) is 0 Å². The van der Waals surface area contributed by atoms with Crippen LogP contribution in [0.2, 0.25) is 0 Å². The van der Waals surface area contributed by atoms with Crippen molar-refractivity contribution in [3.8, 4) is 0 Å². The minimum absolute atomic E-state index is 0.0784. The lowest BCUT2D eigenvalue weighted by Gasteiger charge is -2.27. The molecule has 2 unspecified atom stereocenters. The quantitative estimate of drug-likeness (QED) is 0.691. The molecule has 0 aromatic carbocycles. The highest BCUT2D eigenvalue weighted by atomic mass is 16.5. The summed E-state index contributed by atoms with van der Waals surface area (Å²) in [7, 11) is 1.78. The summed E-state index contributed by atoms with van der Waals surface area (Å²) < 4.78 is 5.34. The maximum absolute atomic E-state index is 9.43. The number of hydrogen-bond acceptors (Lipinski definition) is 8. The van der Waals surface area contributed by atoms with Gasteiger partial charge in [0.25, 0.3) is 0 Å². The summed E-state index contributed by atoms with van der Waals surface area (Å²) in [6, 6.07) is 0.0784. The van der Waals surface area contributed by atoms with Crippen molar-refractivity contribution in [1.29, 1.82) is 0 Å². The number of ether oxygens (including phenoxy) is 1. The van der Waals surface area contributed by atoms with Gasteiger partial charge in [0.05, 0.1) is 19.3 Å². The number of rotatable bonds is 6. The topological polar surface area (TPSA) is 95.4 Å². The van der Waals surface area contributed by atoms with Crippen molar-refractivity contribution in [3.05, 3.63) is 0 Å². The predicted octanol–water partition coefficient (Wildman–Crippen LogP) is 0.321. The van der Waals surface area contributed by atoms with E-state index in [1.807, 2.05) is 6.92 Å². The highest BCUT2D eigenvalue weighted by molar-refractivity contribution is 5.44. The zero-order chi connectivity index (χ0) is 15.2. The Labute approximate surface area is 125 Å². The van der Waals surface area contributed by atoms with E-state index in [0.717, 1.165) is 13.1 Å². The first kappa shape index (κ1) is 15.7. The molecule has 1 aromatic rings. The molecule has 8 heteroatoms. The van der Waals surface area contributed by atoms with E-state index in [0.29, 0.717) is 37.5 Å². The molecule has 0 amide bonds. The maximum atomic E-state index is 9.43. The Hall–Kier alpha value is -1.67. The SMILES string of the molecule is CNc1nc(NC(C)CC(C)O)nc(N2CCOCC2)n1. The molecule has 21 heavy (non-hydrogen) atoms. The molecule has 0 saturated carbocycles. The second-order valence-electron chi connectivity index (χ2n) is 5.26. The molecular weight excluding hydrogens is 272 g/mol. The second kappa shape index (κ2) is 7.37. The molecule has 2 heterocycles. The minimum Gasteiger partial charge on any atom is -0.393 e. The summed E-state index contributed by atoms with van der Waals surface area (Å²) in [5.41, 5.74) is 0. The Morgan fingerprint density at radius 2 is 1.86 bits per heavy atom. The summed E-state index contributed by atoms with van der Waals surface area (Å²) in [4.78, 5) is 15.2. The van der Waals surface area contributed by atoms with Gasteiger partial charge >= 0.3 is 0 Å². The fourth-order valence-electron chi connectivity index (χ4n) is 2.24. The van der Waals surface area contributed by atoms with Gasteiger partial charge in [-0.15, -0.1) is 0 Å². The average molecular weight is 296 g/mol. The van der Waals surface area contributed by atoms with Gasteiger partial charge in [-0.25, -0.2) is 0 Å². The first-order valence-corrected chi connectivity index (χ1v) is 7.29. The molecule has 1 saturated heterocycles. The second-order valence-corrected chi connectivity index (χ2v) is 5.26. The van der Waals surface area contributed by atoms with Crippen LogP contribution in [-0.2, 0) is 4.74 Å². The van der Waals surface area contributed by atoms with Gasteiger partial charge in [-0.2, -0.15) is 15.0 Å². The third-order valence-electron chi connectivity index (χ3n) is 3.21. The van der Waals surface area contributed by atoms with Gasteiger partial charge in [-0.1, -0.05) is 0 Å². The van der Waals surface area contributed by atoms with Crippen molar-refractivity contribution < 1.29 is 9.84 Å². The summed E-state index contributed by atoms with van der Waals surface area (Å²) in [6.07, 6.45) is 0.268. The van der Waals surface area contributed by atoms with Gasteiger partial charge < -0.3 is 25.4 Å². The molecule has 1 aliphatic rings. The molecule has 1 aliphatic heterocycles. The van der Waals surface area contributed by atoms with E-state index < -0.39 is 0 Å². The van der Waals surface area contributed by atoms with E-state index in [4.69, 9.17) is 4.74 Å². The normalized spacial score (nSPS) is 18.2. The first-order chi connectivity index (χ1) is 10.1. The van der Waals surface area contributed by atoms with Gasteiger partial charge in [0.15, 0.2) is 0 Å². The van der Waals surface area contributed by atoms with Crippen LogP contribution in [0.1, 0.15) is 20.3 Å². The molecule has 8 nitrogen and oxygen atoms in total. The molecule has 118 valence electrons. The van der Waals surface area contributed by atoms with E-state index in [1.54, 1.807) is 14.0 Å². The number of aromatic nitrogens is 3. The van der Waals surface area contributed by atoms with E-state index in [-0.39, 0.29) is 12.1 Å². The van der Waals surface area contributed by atoms with E-state index >= 15 is 0 Å². The largest absolute Gasteiger partial charge is 0.393 e.